The molecule has 0 heterocycles. The summed E-state index contributed by atoms with van der Waals surface area (Å²) in [7, 11) is 0. The number of hydrogen-bond acceptors (Lipinski definition) is 2. The standard InChI is InChI=1S/C9H14F3NO2/c1-5(6-2-3-6)13-4-7(8(14)15)9(10,11)12/h5-7,13H,2-4H2,1H3,(H,14,15). The molecule has 2 atom stereocenters. The highest BCUT2D eigenvalue weighted by atomic mass is 19.4. The van der Waals surface area contributed by atoms with E-state index < -0.39 is 24.6 Å². The molecule has 0 aromatic heterocycles. The van der Waals surface area contributed by atoms with Gasteiger partial charge in [0.1, 0.15) is 0 Å². The molecule has 0 aliphatic heterocycles. The Labute approximate surface area is 85.7 Å². The number of hydrogen-bond donors (Lipinski definition) is 2. The van der Waals surface area contributed by atoms with Crippen molar-refractivity contribution in [3.05, 3.63) is 0 Å². The Morgan fingerprint density at radius 2 is 2.07 bits per heavy atom. The maximum Gasteiger partial charge on any atom is 0.403 e. The molecule has 0 aromatic carbocycles. The lowest BCUT2D eigenvalue weighted by Gasteiger charge is -2.19. The number of nitrogens with one attached hydrogen (secondary N) is 1. The van der Waals surface area contributed by atoms with Gasteiger partial charge in [-0.1, -0.05) is 0 Å². The van der Waals surface area contributed by atoms with E-state index in [4.69, 9.17) is 5.11 Å². The van der Waals surface area contributed by atoms with Crippen molar-refractivity contribution in [3.63, 3.8) is 0 Å². The van der Waals surface area contributed by atoms with E-state index in [0.29, 0.717) is 5.92 Å². The minimum atomic E-state index is -4.68. The molecular formula is C9H14F3NO2. The second kappa shape index (κ2) is 4.38. The van der Waals surface area contributed by atoms with Crippen LogP contribution in [-0.2, 0) is 4.79 Å². The van der Waals surface area contributed by atoms with Gasteiger partial charge in [0, 0.05) is 12.6 Å². The molecule has 0 bridgehead atoms. The molecule has 2 N–H and O–H groups in total. The Morgan fingerprint density at radius 3 is 2.40 bits per heavy atom. The first kappa shape index (κ1) is 12.3. The number of alkyl halides is 3. The molecule has 15 heavy (non-hydrogen) atoms. The Bertz CT molecular complexity index is 238. The van der Waals surface area contributed by atoms with Crippen LogP contribution in [0.4, 0.5) is 13.2 Å². The average Bonchev–Trinajstić information content (AvgIpc) is 2.82. The number of carbonyl (C=O) groups is 1. The molecule has 0 amide bonds. The van der Waals surface area contributed by atoms with Crippen molar-refractivity contribution in [1.29, 1.82) is 0 Å². The van der Waals surface area contributed by atoms with Crippen molar-refractivity contribution >= 4 is 5.97 Å². The van der Waals surface area contributed by atoms with Crippen molar-refractivity contribution in [2.24, 2.45) is 11.8 Å². The van der Waals surface area contributed by atoms with Crippen LogP contribution in [0, 0.1) is 11.8 Å². The molecule has 88 valence electrons. The van der Waals surface area contributed by atoms with Gasteiger partial charge in [-0.25, -0.2) is 0 Å². The minimum absolute atomic E-state index is 0.0331. The summed E-state index contributed by atoms with van der Waals surface area (Å²) in [6.45, 7) is 1.24. The number of rotatable bonds is 5. The predicted molar refractivity (Wildman–Crippen MR) is 47.4 cm³/mol. The first-order valence-electron chi connectivity index (χ1n) is 4.85. The fourth-order valence-electron chi connectivity index (χ4n) is 1.41. The zero-order chi connectivity index (χ0) is 11.6. The van der Waals surface area contributed by atoms with E-state index in [-0.39, 0.29) is 6.04 Å². The van der Waals surface area contributed by atoms with Crippen LogP contribution in [0.25, 0.3) is 0 Å². The molecule has 1 saturated carbocycles. The Kier molecular flexibility index (Phi) is 3.59. The molecular weight excluding hydrogens is 211 g/mol. The summed E-state index contributed by atoms with van der Waals surface area (Å²) in [6, 6.07) is -0.0331. The summed E-state index contributed by atoms with van der Waals surface area (Å²) in [5.74, 6) is -3.72. The minimum Gasteiger partial charge on any atom is -0.481 e. The summed E-state index contributed by atoms with van der Waals surface area (Å²) in [4.78, 5) is 10.4. The number of carboxylic acids is 1. The van der Waals surface area contributed by atoms with Crippen LogP contribution in [0.15, 0.2) is 0 Å². The fourth-order valence-corrected chi connectivity index (χ4v) is 1.41. The van der Waals surface area contributed by atoms with E-state index in [1.54, 1.807) is 6.92 Å². The molecule has 1 fully saturated rings. The third kappa shape index (κ3) is 3.70. The van der Waals surface area contributed by atoms with Gasteiger partial charge in [0.05, 0.1) is 0 Å². The number of halogens is 3. The number of aliphatic carboxylic acids is 1. The highest BCUT2D eigenvalue weighted by Crippen LogP contribution is 2.33. The van der Waals surface area contributed by atoms with Crippen molar-refractivity contribution in [1.82, 2.24) is 5.32 Å². The molecule has 1 rings (SSSR count). The third-order valence-corrected chi connectivity index (χ3v) is 2.67. The summed E-state index contributed by atoms with van der Waals surface area (Å²) in [5, 5.41) is 11.0. The quantitative estimate of drug-likeness (QED) is 0.747. The van der Waals surface area contributed by atoms with Crippen LogP contribution in [0.5, 0.6) is 0 Å². The summed E-state index contributed by atoms with van der Waals surface area (Å²) < 4.78 is 36.7. The van der Waals surface area contributed by atoms with E-state index in [9.17, 15) is 18.0 Å². The van der Waals surface area contributed by atoms with Crippen molar-refractivity contribution < 1.29 is 23.1 Å². The first-order valence-corrected chi connectivity index (χ1v) is 4.85. The molecule has 6 heteroatoms. The molecule has 0 spiro atoms. The number of carboxylic acid groups (broad SMARTS) is 1. The fraction of sp³-hybridized carbons (Fsp3) is 0.889. The maximum atomic E-state index is 12.2. The van der Waals surface area contributed by atoms with Crippen LogP contribution in [0.3, 0.4) is 0 Å². The average molecular weight is 225 g/mol. The molecule has 1 aliphatic rings. The largest absolute Gasteiger partial charge is 0.481 e. The van der Waals surface area contributed by atoms with Crippen LogP contribution < -0.4 is 5.32 Å². The Balaban J connectivity index is 2.41. The van der Waals surface area contributed by atoms with Gasteiger partial charge in [0.2, 0.25) is 0 Å². The van der Waals surface area contributed by atoms with Crippen LogP contribution >= 0.6 is 0 Å². The van der Waals surface area contributed by atoms with Crippen molar-refractivity contribution in [2.45, 2.75) is 32.0 Å². The van der Waals surface area contributed by atoms with Crippen LogP contribution in [0.2, 0.25) is 0 Å². The lowest BCUT2D eigenvalue weighted by atomic mass is 10.1. The van der Waals surface area contributed by atoms with Crippen LogP contribution in [-0.4, -0.2) is 29.8 Å². The van der Waals surface area contributed by atoms with E-state index in [1.807, 2.05) is 0 Å². The second-order valence-electron chi connectivity index (χ2n) is 3.97. The Hall–Kier alpha value is -0.780. The maximum absolute atomic E-state index is 12.2. The summed E-state index contributed by atoms with van der Waals surface area (Å²) >= 11 is 0. The van der Waals surface area contributed by atoms with E-state index in [0.717, 1.165) is 12.8 Å². The van der Waals surface area contributed by atoms with Crippen LogP contribution in [0.1, 0.15) is 19.8 Å². The van der Waals surface area contributed by atoms with Gasteiger partial charge in [-0.3, -0.25) is 4.79 Å². The monoisotopic (exact) mass is 225 g/mol. The van der Waals surface area contributed by atoms with E-state index in [1.165, 1.54) is 0 Å². The lowest BCUT2D eigenvalue weighted by molar-refractivity contribution is -0.192. The molecule has 2 unspecified atom stereocenters. The Morgan fingerprint density at radius 1 is 1.53 bits per heavy atom. The molecule has 3 nitrogen and oxygen atoms in total. The van der Waals surface area contributed by atoms with Gasteiger partial charge in [-0.05, 0) is 25.7 Å². The highest BCUT2D eigenvalue weighted by molar-refractivity contribution is 5.71. The van der Waals surface area contributed by atoms with Gasteiger partial charge in [-0.2, -0.15) is 13.2 Å². The van der Waals surface area contributed by atoms with Gasteiger partial charge in [0.15, 0.2) is 5.92 Å². The summed E-state index contributed by atoms with van der Waals surface area (Å²) in [6.07, 6.45) is -2.65. The molecule has 0 aromatic rings. The molecule has 0 saturated heterocycles. The second-order valence-corrected chi connectivity index (χ2v) is 3.97. The normalized spacial score (nSPS) is 21.1. The summed E-state index contributed by atoms with van der Waals surface area (Å²) in [5.41, 5.74) is 0. The van der Waals surface area contributed by atoms with Crippen molar-refractivity contribution in [3.8, 4) is 0 Å². The van der Waals surface area contributed by atoms with E-state index in [2.05, 4.69) is 5.32 Å². The van der Waals surface area contributed by atoms with Gasteiger partial charge in [-0.15, -0.1) is 0 Å². The molecule has 1 aliphatic carbocycles. The smallest absolute Gasteiger partial charge is 0.403 e. The van der Waals surface area contributed by atoms with Crippen molar-refractivity contribution in [2.75, 3.05) is 6.54 Å². The lowest BCUT2D eigenvalue weighted by Crippen LogP contribution is -2.42. The molecule has 0 radical (unpaired) electrons. The zero-order valence-corrected chi connectivity index (χ0v) is 8.34. The van der Waals surface area contributed by atoms with Gasteiger partial charge in [0.25, 0.3) is 0 Å². The highest BCUT2D eigenvalue weighted by Gasteiger charge is 2.45. The SMILES string of the molecule is CC(NCC(C(=O)O)C(F)(F)F)C1CC1. The first-order chi connectivity index (χ1) is 6.82. The topological polar surface area (TPSA) is 49.3 Å². The predicted octanol–water partition coefficient (Wildman–Crippen LogP) is 1.64. The zero-order valence-electron chi connectivity index (χ0n) is 8.34. The van der Waals surface area contributed by atoms with E-state index >= 15 is 0 Å². The van der Waals surface area contributed by atoms with Gasteiger partial charge >= 0.3 is 12.1 Å². The third-order valence-electron chi connectivity index (χ3n) is 2.67. The van der Waals surface area contributed by atoms with Gasteiger partial charge < -0.3 is 10.4 Å².